The first-order valence-corrected chi connectivity index (χ1v) is 7.83. The molecule has 22 heavy (non-hydrogen) atoms. The third kappa shape index (κ3) is 4.76. The van der Waals surface area contributed by atoms with E-state index in [1.54, 1.807) is 0 Å². The van der Waals surface area contributed by atoms with Gasteiger partial charge in [-0.05, 0) is 32.4 Å². The lowest BCUT2D eigenvalue weighted by Crippen LogP contribution is -2.38. The van der Waals surface area contributed by atoms with E-state index in [1.807, 2.05) is 49.1 Å². The van der Waals surface area contributed by atoms with Crippen LogP contribution in [-0.2, 0) is 9.59 Å². The van der Waals surface area contributed by atoms with Crippen molar-refractivity contribution in [2.24, 2.45) is 0 Å². The molecule has 5 nitrogen and oxygen atoms in total. The summed E-state index contributed by atoms with van der Waals surface area (Å²) in [6.45, 7) is 5.11. The van der Waals surface area contributed by atoms with Gasteiger partial charge in [-0.25, -0.2) is 0 Å². The van der Waals surface area contributed by atoms with E-state index in [4.69, 9.17) is 4.74 Å². The summed E-state index contributed by atoms with van der Waals surface area (Å²) in [5, 5.41) is 2.94. The summed E-state index contributed by atoms with van der Waals surface area (Å²) in [4.78, 5) is 25.5. The Bertz CT molecular complexity index is 502. The van der Waals surface area contributed by atoms with Crippen LogP contribution >= 0.6 is 0 Å². The number of amides is 2. The van der Waals surface area contributed by atoms with Crippen molar-refractivity contribution < 1.29 is 14.3 Å². The van der Waals surface area contributed by atoms with Crippen molar-refractivity contribution in [3.8, 4) is 5.75 Å². The fraction of sp³-hybridized carbons (Fsp3) is 0.529. The fourth-order valence-corrected chi connectivity index (χ4v) is 2.57. The summed E-state index contributed by atoms with van der Waals surface area (Å²) in [5.74, 6) is 0.921. The van der Waals surface area contributed by atoms with Gasteiger partial charge in [0.1, 0.15) is 5.75 Å². The molecule has 0 radical (unpaired) electrons. The number of hydrogen-bond acceptors (Lipinski definition) is 3. The Morgan fingerprint density at radius 1 is 1.36 bits per heavy atom. The number of rotatable bonds is 7. The number of nitrogens with one attached hydrogen (secondary N) is 1. The largest absolute Gasteiger partial charge is 0.494 e. The zero-order chi connectivity index (χ0) is 15.9. The molecule has 1 N–H and O–H groups in total. The van der Waals surface area contributed by atoms with Crippen molar-refractivity contribution >= 4 is 11.8 Å². The first-order valence-electron chi connectivity index (χ1n) is 7.83. The highest BCUT2D eigenvalue weighted by Crippen LogP contribution is 2.14. The van der Waals surface area contributed by atoms with Crippen LogP contribution in [0.4, 0.5) is 0 Å². The zero-order valence-electron chi connectivity index (χ0n) is 13.2. The molecule has 1 aromatic rings. The maximum Gasteiger partial charge on any atom is 0.225 e. The van der Waals surface area contributed by atoms with Crippen LogP contribution in [0.5, 0.6) is 5.75 Å². The van der Waals surface area contributed by atoms with Gasteiger partial charge in [0, 0.05) is 25.4 Å². The molecule has 1 aliphatic rings. The predicted molar refractivity (Wildman–Crippen MR) is 84.6 cm³/mol. The van der Waals surface area contributed by atoms with E-state index in [1.165, 1.54) is 0 Å². The van der Waals surface area contributed by atoms with Crippen LogP contribution in [0.2, 0.25) is 0 Å². The van der Waals surface area contributed by atoms with E-state index >= 15 is 0 Å². The highest BCUT2D eigenvalue weighted by molar-refractivity contribution is 5.82. The van der Waals surface area contributed by atoms with Crippen molar-refractivity contribution in [2.45, 2.75) is 45.2 Å². The third-order valence-electron chi connectivity index (χ3n) is 3.71. The van der Waals surface area contributed by atoms with Crippen LogP contribution in [0.1, 0.15) is 33.1 Å². The number of para-hydroxylation sites is 1. The van der Waals surface area contributed by atoms with Crippen LogP contribution < -0.4 is 10.1 Å². The highest BCUT2D eigenvalue weighted by atomic mass is 16.5. The molecule has 2 rings (SSSR count). The van der Waals surface area contributed by atoms with Gasteiger partial charge in [0.15, 0.2) is 0 Å². The monoisotopic (exact) mass is 304 g/mol. The minimum absolute atomic E-state index is 0.0138. The molecule has 2 amide bonds. The molecule has 1 fully saturated rings. The number of benzene rings is 1. The fourth-order valence-electron chi connectivity index (χ4n) is 2.57. The van der Waals surface area contributed by atoms with E-state index in [2.05, 4.69) is 5.32 Å². The second-order valence-electron chi connectivity index (χ2n) is 5.87. The number of carbonyl (C=O) groups is 2. The SMILES string of the molecule is CC(C)N1CC(NC(=O)CCCOc2ccccc2)CC1=O. The van der Waals surface area contributed by atoms with Gasteiger partial charge >= 0.3 is 0 Å². The van der Waals surface area contributed by atoms with Crippen molar-refractivity contribution in [3.05, 3.63) is 30.3 Å². The molecule has 1 aliphatic heterocycles. The molecule has 0 aromatic heterocycles. The standard InChI is InChI=1S/C17H24N2O3/c1-13(2)19-12-14(11-17(19)21)18-16(20)9-6-10-22-15-7-4-3-5-8-15/h3-5,7-8,13-14H,6,9-12H2,1-2H3,(H,18,20). The van der Waals surface area contributed by atoms with Gasteiger partial charge < -0.3 is 15.0 Å². The average Bonchev–Trinajstić information content (AvgIpc) is 2.85. The third-order valence-corrected chi connectivity index (χ3v) is 3.71. The van der Waals surface area contributed by atoms with Gasteiger partial charge in [-0.3, -0.25) is 9.59 Å². The zero-order valence-corrected chi connectivity index (χ0v) is 13.2. The summed E-state index contributed by atoms with van der Waals surface area (Å²) in [7, 11) is 0. The lowest BCUT2D eigenvalue weighted by Gasteiger charge is -2.21. The smallest absolute Gasteiger partial charge is 0.225 e. The van der Waals surface area contributed by atoms with Gasteiger partial charge in [-0.2, -0.15) is 0 Å². The molecular weight excluding hydrogens is 280 g/mol. The quantitative estimate of drug-likeness (QED) is 0.784. The minimum atomic E-state index is -0.0579. The molecule has 1 atom stereocenters. The number of ether oxygens (including phenoxy) is 1. The molecule has 0 spiro atoms. The van der Waals surface area contributed by atoms with Crippen LogP contribution in [-0.4, -0.2) is 41.9 Å². The maximum absolute atomic E-state index is 11.9. The number of likely N-dealkylation sites (tertiary alicyclic amines) is 1. The molecule has 0 bridgehead atoms. The molecule has 1 heterocycles. The predicted octanol–water partition coefficient (Wildman–Crippen LogP) is 1.97. The number of nitrogens with zero attached hydrogens (tertiary/aromatic N) is 1. The molecule has 0 saturated carbocycles. The lowest BCUT2D eigenvalue weighted by molar-refractivity contribution is -0.129. The Balaban J connectivity index is 1.63. The van der Waals surface area contributed by atoms with Crippen LogP contribution in [0.3, 0.4) is 0 Å². The Kier molecular flexibility index (Phi) is 5.81. The molecule has 1 aromatic carbocycles. The summed E-state index contributed by atoms with van der Waals surface area (Å²) in [6, 6.07) is 9.68. The van der Waals surface area contributed by atoms with Gasteiger partial charge in [0.25, 0.3) is 0 Å². The van der Waals surface area contributed by atoms with Gasteiger partial charge in [0.05, 0.1) is 12.6 Å². The van der Waals surface area contributed by atoms with Crippen LogP contribution in [0.25, 0.3) is 0 Å². The Labute approximate surface area is 131 Å². The molecule has 5 heteroatoms. The normalized spacial score (nSPS) is 17.9. The molecule has 0 aliphatic carbocycles. The molecule has 120 valence electrons. The van der Waals surface area contributed by atoms with Crippen molar-refractivity contribution in [2.75, 3.05) is 13.2 Å². The van der Waals surface area contributed by atoms with Crippen LogP contribution in [0.15, 0.2) is 30.3 Å². The van der Waals surface area contributed by atoms with E-state index in [0.29, 0.717) is 32.4 Å². The van der Waals surface area contributed by atoms with Crippen LogP contribution in [0, 0.1) is 0 Å². The number of hydrogen-bond donors (Lipinski definition) is 1. The van der Waals surface area contributed by atoms with Gasteiger partial charge in [-0.1, -0.05) is 18.2 Å². The number of carbonyl (C=O) groups excluding carboxylic acids is 2. The van der Waals surface area contributed by atoms with E-state index in [9.17, 15) is 9.59 Å². The first kappa shape index (κ1) is 16.3. The Morgan fingerprint density at radius 2 is 2.09 bits per heavy atom. The van der Waals surface area contributed by atoms with Crippen molar-refractivity contribution in [1.82, 2.24) is 10.2 Å². The summed E-state index contributed by atoms with van der Waals surface area (Å²) < 4.78 is 5.55. The second kappa shape index (κ2) is 7.82. The molecular formula is C17H24N2O3. The second-order valence-corrected chi connectivity index (χ2v) is 5.87. The Morgan fingerprint density at radius 3 is 2.73 bits per heavy atom. The first-order chi connectivity index (χ1) is 10.6. The Hall–Kier alpha value is -2.04. The maximum atomic E-state index is 11.9. The summed E-state index contributed by atoms with van der Waals surface area (Å²) in [6.07, 6.45) is 1.49. The van der Waals surface area contributed by atoms with E-state index in [0.717, 1.165) is 5.75 Å². The molecule has 1 saturated heterocycles. The van der Waals surface area contributed by atoms with E-state index in [-0.39, 0.29) is 23.9 Å². The topological polar surface area (TPSA) is 58.6 Å². The summed E-state index contributed by atoms with van der Waals surface area (Å²) in [5.41, 5.74) is 0. The van der Waals surface area contributed by atoms with E-state index < -0.39 is 0 Å². The van der Waals surface area contributed by atoms with Gasteiger partial charge in [0.2, 0.25) is 11.8 Å². The van der Waals surface area contributed by atoms with Gasteiger partial charge in [-0.15, -0.1) is 0 Å². The van der Waals surface area contributed by atoms with Crippen molar-refractivity contribution in [1.29, 1.82) is 0 Å². The average molecular weight is 304 g/mol. The summed E-state index contributed by atoms with van der Waals surface area (Å²) >= 11 is 0. The molecule has 1 unspecified atom stereocenters. The lowest BCUT2D eigenvalue weighted by atomic mass is 10.2. The minimum Gasteiger partial charge on any atom is -0.494 e. The highest BCUT2D eigenvalue weighted by Gasteiger charge is 2.31. The van der Waals surface area contributed by atoms with Crippen molar-refractivity contribution in [3.63, 3.8) is 0 Å².